The number of amides is 1. The summed E-state index contributed by atoms with van der Waals surface area (Å²) in [6.07, 6.45) is 0. The highest BCUT2D eigenvalue weighted by Crippen LogP contribution is 2.09. The average Bonchev–Trinajstić information content (AvgIpc) is 2.34. The fraction of sp³-hybridized carbons (Fsp3) is 0.533. The van der Waals surface area contributed by atoms with E-state index < -0.39 is 0 Å². The van der Waals surface area contributed by atoms with Crippen LogP contribution in [0.2, 0.25) is 0 Å². The smallest absolute Gasteiger partial charge is 0.221 e. The molecule has 1 amide bonds. The lowest BCUT2D eigenvalue weighted by Gasteiger charge is -2.08. The van der Waals surface area contributed by atoms with Crippen molar-refractivity contribution in [3.8, 4) is 0 Å². The predicted molar refractivity (Wildman–Crippen MR) is 78.1 cm³/mol. The molecule has 0 saturated carbocycles. The van der Waals surface area contributed by atoms with Crippen LogP contribution in [0.25, 0.3) is 0 Å². The number of benzene rings is 1. The van der Waals surface area contributed by atoms with Crippen LogP contribution in [-0.4, -0.2) is 25.7 Å². The minimum atomic E-state index is -0.0480. The molecule has 0 spiro atoms. The number of carbonyl (C=O) groups excluding carboxylic acids is 1. The summed E-state index contributed by atoms with van der Waals surface area (Å²) in [6, 6.07) is 7.84. The maximum atomic E-state index is 10.9. The summed E-state index contributed by atoms with van der Waals surface area (Å²) in [6.45, 7) is 9.00. The first kappa shape index (κ1) is 15.7. The molecule has 19 heavy (non-hydrogen) atoms. The zero-order chi connectivity index (χ0) is 14.1. The summed E-state index contributed by atoms with van der Waals surface area (Å²) in [5.41, 5.74) is 2.02. The van der Waals surface area contributed by atoms with Crippen LogP contribution in [0.1, 0.15) is 26.3 Å². The SMILES string of the molecule is CC(=O)Nc1ccc(CNCCOCC(C)C)cc1. The monoisotopic (exact) mass is 264 g/mol. The molecule has 106 valence electrons. The number of hydrogen-bond acceptors (Lipinski definition) is 3. The van der Waals surface area contributed by atoms with Gasteiger partial charge in [0.05, 0.1) is 6.61 Å². The number of carbonyl (C=O) groups is 1. The summed E-state index contributed by atoms with van der Waals surface area (Å²) in [7, 11) is 0. The summed E-state index contributed by atoms with van der Waals surface area (Å²) in [4.78, 5) is 10.9. The van der Waals surface area contributed by atoms with Crippen LogP contribution < -0.4 is 10.6 Å². The third-order valence-corrected chi connectivity index (χ3v) is 2.48. The number of anilines is 1. The zero-order valence-electron chi connectivity index (χ0n) is 12.0. The quantitative estimate of drug-likeness (QED) is 0.709. The number of ether oxygens (including phenoxy) is 1. The molecule has 0 aromatic heterocycles. The summed E-state index contributed by atoms with van der Waals surface area (Å²) >= 11 is 0. The molecule has 0 radical (unpaired) electrons. The summed E-state index contributed by atoms with van der Waals surface area (Å²) in [5, 5.41) is 6.07. The van der Waals surface area contributed by atoms with Gasteiger partial charge in [-0.2, -0.15) is 0 Å². The van der Waals surface area contributed by atoms with Gasteiger partial charge in [0.25, 0.3) is 0 Å². The Bertz CT molecular complexity index is 374. The van der Waals surface area contributed by atoms with Crippen molar-refractivity contribution in [2.75, 3.05) is 25.1 Å². The zero-order valence-corrected chi connectivity index (χ0v) is 12.0. The van der Waals surface area contributed by atoms with Gasteiger partial charge in [0.15, 0.2) is 0 Å². The van der Waals surface area contributed by atoms with Gasteiger partial charge in [0.2, 0.25) is 5.91 Å². The minimum Gasteiger partial charge on any atom is -0.380 e. The lowest BCUT2D eigenvalue weighted by molar-refractivity contribution is -0.114. The van der Waals surface area contributed by atoms with Gasteiger partial charge in [-0.05, 0) is 23.6 Å². The molecule has 0 bridgehead atoms. The minimum absolute atomic E-state index is 0.0480. The normalized spacial score (nSPS) is 10.7. The molecule has 1 aromatic rings. The van der Waals surface area contributed by atoms with Crippen LogP contribution in [0.15, 0.2) is 24.3 Å². The van der Waals surface area contributed by atoms with Crippen molar-refractivity contribution in [1.82, 2.24) is 5.32 Å². The molecule has 0 aliphatic carbocycles. The molecule has 0 fully saturated rings. The molecular formula is C15H24N2O2. The molecule has 1 aromatic carbocycles. The average molecular weight is 264 g/mol. The number of hydrogen-bond donors (Lipinski definition) is 2. The molecule has 0 aliphatic heterocycles. The largest absolute Gasteiger partial charge is 0.380 e. The van der Waals surface area contributed by atoms with Gasteiger partial charge in [-0.3, -0.25) is 4.79 Å². The van der Waals surface area contributed by atoms with Crippen LogP contribution in [0.4, 0.5) is 5.69 Å². The van der Waals surface area contributed by atoms with Gasteiger partial charge in [0.1, 0.15) is 0 Å². The molecule has 0 aliphatic rings. The van der Waals surface area contributed by atoms with Gasteiger partial charge in [-0.25, -0.2) is 0 Å². The molecule has 4 nitrogen and oxygen atoms in total. The molecule has 2 N–H and O–H groups in total. The first-order valence-corrected chi connectivity index (χ1v) is 6.73. The Morgan fingerprint density at radius 2 is 1.95 bits per heavy atom. The van der Waals surface area contributed by atoms with Crippen molar-refractivity contribution in [2.45, 2.75) is 27.3 Å². The molecule has 0 saturated heterocycles. The molecule has 0 unspecified atom stereocenters. The van der Waals surface area contributed by atoms with E-state index in [9.17, 15) is 4.79 Å². The fourth-order valence-electron chi connectivity index (χ4n) is 1.61. The van der Waals surface area contributed by atoms with E-state index in [0.29, 0.717) is 5.92 Å². The van der Waals surface area contributed by atoms with E-state index >= 15 is 0 Å². The molecule has 4 heteroatoms. The third-order valence-electron chi connectivity index (χ3n) is 2.48. The van der Waals surface area contributed by atoms with E-state index in [1.54, 1.807) is 0 Å². The van der Waals surface area contributed by atoms with Crippen LogP contribution in [-0.2, 0) is 16.1 Å². The van der Waals surface area contributed by atoms with Crippen molar-refractivity contribution in [3.63, 3.8) is 0 Å². The highest BCUT2D eigenvalue weighted by molar-refractivity contribution is 5.88. The number of nitrogens with one attached hydrogen (secondary N) is 2. The predicted octanol–water partition coefficient (Wildman–Crippen LogP) is 2.41. The Labute approximate surface area is 115 Å². The highest BCUT2D eigenvalue weighted by atomic mass is 16.5. The van der Waals surface area contributed by atoms with Crippen molar-refractivity contribution >= 4 is 11.6 Å². The Morgan fingerprint density at radius 3 is 2.53 bits per heavy atom. The number of rotatable bonds is 8. The summed E-state index contributed by atoms with van der Waals surface area (Å²) < 4.78 is 5.49. The first-order chi connectivity index (χ1) is 9.08. The maximum absolute atomic E-state index is 10.9. The van der Waals surface area contributed by atoms with Crippen LogP contribution in [0.3, 0.4) is 0 Å². The summed E-state index contributed by atoms with van der Waals surface area (Å²) in [5.74, 6) is 0.537. The Kier molecular flexibility index (Phi) is 7.15. The van der Waals surface area contributed by atoms with Crippen LogP contribution in [0.5, 0.6) is 0 Å². The second kappa shape index (κ2) is 8.67. The van der Waals surface area contributed by atoms with Crippen molar-refractivity contribution < 1.29 is 9.53 Å². The van der Waals surface area contributed by atoms with Crippen LogP contribution in [0, 0.1) is 5.92 Å². The second-order valence-electron chi connectivity index (χ2n) is 5.02. The lowest BCUT2D eigenvalue weighted by atomic mass is 10.2. The third kappa shape index (κ3) is 7.59. The molecule has 0 heterocycles. The van der Waals surface area contributed by atoms with E-state index in [0.717, 1.165) is 32.0 Å². The van der Waals surface area contributed by atoms with Gasteiger partial charge in [-0.1, -0.05) is 26.0 Å². The molecular weight excluding hydrogens is 240 g/mol. The Hall–Kier alpha value is -1.39. The van der Waals surface area contributed by atoms with Crippen molar-refractivity contribution in [3.05, 3.63) is 29.8 Å². The lowest BCUT2D eigenvalue weighted by Crippen LogP contribution is -2.20. The van der Waals surface area contributed by atoms with Crippen molar-refractivity contribution in [2.24, 2.45) is 5.92 Å². The van der Waals surface area contributed by atoms with E-state index in [-0.39, 0.29) is 5.91 Å². The van der Waals surface area contributed by atoms with Gasteiger partial charge in [-0.15, -0.1) is 0 Å². The maximum Gasteiger partial charge on any atom is 0.221 e. The standard InChI is InChI=1S/C15H24N2O2/c1-12(2)11-19-9-8-16-10-14-4-6-15(7-5-14)17-13(3)18/h4-7,12,16H,8-11H2,1-3H3,(H,17,18). The molecule has 0 atom stereocenters. The van der Waals surface area contributed by atoms with E-state index in [1.807, 2.05) is 24.3 Å². The Balaban J connectivity index is 2.17. The van der Waals surface area contributed by atoms with E-state index in [4.69, 9.17) is 4.74 Å². The van der Waals surface area contributed by atoms with E-state index in [1.165, 1.54) is 12.5 Å². The first-order valence-electron chi connectivity index (χ1n) is 6.73. The topological polar surface area (TPSA) is 50.4 Å². The van der Waals surface area contributed by atoms with E-state index in [2.05, 4.69) is 24.5 Å². The fourth-order valence-corrected chi connectivity index (χ4v) is 1.61. The van der Waals surface area contributed by atoms with Crippen molar-refractivity contribution in [1.29, 1.82) is 0 Å². The Morgan fingerprint density at radius 1 is 1.26 bits per heavy atom. The molecule has 1 rings (SSSR count). The van der Waals surface area contributed by atoms with Gasteiger partial charge in [0, 0.05) is 32.3 Å². The van der Waals surface area contributed by atoms with Gasteiger partial charge < -0.3 is 15.4 Å². The highest BCUT2D eigenvalue weighted by Gasteiger charge is 1.97. The van der Waals surface area contributed by atoms with Crippen LogP contribution >= 0.6 is 0 Å². The van der Waals surface area contributed by atoms with Gasteiger partial charge >= 0.3 is 0 Å². The second-order valence-corrected chi connectivity index (χ2v) is 5.02.